The second-order valence-corrected chi connectivity index (χ2v) is 13.0. The second-order valence-electron chi connectivity index (χ2n) is 12.1. The molecule has 4 nitrogen and oxygen atoms in total. The van der Waals surface area contributed by atoms with Crippen molar-refractivity contribution in [2.45, 2.75) is 98.3 Å². The number of aryl methyl sites for hydroxylation is 2. The van der Waals surface area contributed by atoms with E-state index in [1.165, 1.54) is 11.1 Å². The van der Waals surface area contributed by atoms with Gasteiger partial charge in [0.25, 0.3) is 5.91 Å². The first-order chi connectivity index (χ1) is 20.7. The maximum Gasteiger partial charge on any atom is 0.251 e. The summed E-state index contributed by atoms with van der Waals surface area (Å²) in [5.41, 5.74) is 4.36. The number of piperidine rings is 1. The highest BCUT2D eigenvalue weighted by atomic mass is 35.5. The Hall–Kier alpha value is -2.53. The number of carbonyl (C=O) groups excluding carboxylic acids is 1. The average molecular weight is 626 g/mol. The normalized spacial score (nSPS) is 14.6. The molecule has 3 aromatic rings. The molecule has 234 valence electrons. The van der Waals surface area contributed by atoms with Crippen LogP contribution in [-0.2, 0) is 13.0 Å². The summed E-state index contributed by atoms with van der Waals surface area (Å²) in [5, 5.41) is 4.84. The fourth-order valence-corrected chi connectivity index (χ4v) is 5.55. The van der Waals surface area contributed by atoms with E-state index < -0.39 is 0 Å². The number of benzene rings is 3. The van der Waals surface area contributed by atoms with Crippen LogP contribution in [0, 0.1) is 12.8 Å². The third kappa shape index (κ3) is 12.5. The highest BCUT2D eigenvalue weighted by molar-refractivity contribution is 6.30. The summed E-state index contributed by atoms with van der Waals surface area (Å²) in [6, 6.07) is 22.1. The van der Waals surface area contributed by atoms with Gasteiger partial charge in [0, 0.05) is 41.3 Å². The Morgan fingerprint density at radius 3 is 2.02 bits per heavy atom. The lowest BCUT2D eigenvalue weighted by atomic mass is 9.99. The third-order valence-corrected chi connectivity index (χ3v) is 8.48. The topological polar surface area (TPSA) is 41.6 Å². The molecule has 0 spiro atoms. The molecule has 0 aliphatic carbocycles. The molecular formula is C37H50Cl2N2O2. The zero-order valence-corrected chi connectivity index (χ0v) is 28.2. The molecule has 0 saturated carbocycles. The zero-order chi connectivity index (χ0) is 31.2. The fourth-order valence-electron chi connectivity index (χ4n) is 5.30. The lowest BCUT2D eigenvalue weighted by Gasteiger charge is -2.32. The SMILES string of the molecule is CCCC(CCC(C)C)NC(=O)c1ccc(OC2CCN(Cc3ccc(Cl)cc3)CC2)c(C)c1.CCc1ccc(Cl)cc1. The number of likely N-dealkylation sites (tertiary alicyclic amines) is 1. The number of nitrogens with zero attached hydrogens (tertiary/aromatic N) is 1. The summed E-state index contributed by atoms with van der Waals surface area (Å²) >= 11 is 11.7. The van der Waals surface area contributed by atoms with Gasteiger partial charge in [-0.05, 0) is 111 Å². The van der Waals surface area contributed by atoms with Gasteiger partial charge in [-0.1, -0.05) is 81.6 Å². The molecule has 1 aliphatic rings. The molecule has 1 heterocycles. The summed E-state index contributed by atoms with van der Waals surface area (Å²) in [5.74, 6) is 1.56. The molecule has 3 aromatic carbocycles. The summed E-state index contributed by atoms with van der Waals surface area (Å²) in [7, 11) is 0. The first-order valence-corrected chi connectivity index (χ1v) is 16.7. The van der Waals surface area contributed by atoms with Crippen molar-refractivity contribution in [3.05, 3.63) is 99.0 Å². The molecule has 0 radical (unpaired) electrons. The first kappa shape index (κ1) is 35.0. The Morgan fingerprint density at radius 2 is 1.49 bits per heavy atom. The largest absolute Gasteiger partial charge is 0.490 e. The predicted octanol–water partition coefficient (Wildman–Crippen LogP) is 9.93. The van der Waals surface area contributed by atoms with Crippen LogP contribution in [0.5, 0.6) is 5.75 Å². The summed E-state index contributed by atoms with van der Waals surface area (Å²) in [6.07, 6.45) is 7.57. The van der Waals surface area contributed by atoms with E-state index in [-0.39, 0.29) is 18.1 Å². The van der Waals surface area contributed by atoms with Crippen LogP contribution < -0.4 is 10.1 Å². The summed E-state index contributed by atoms with van der Waals surface area (Å²) < 4.78 is 6.34. The van der Waals surface area contributed by atoms with E-state index in [0.29, 0.717) is 11.5 Å². The lowest BCUT2D eigenvalue weighted by molar-refractivity contribution is 0.0929. The van der Waals surface area contributed by atoms with Crippen LogP contribution in [0.2, 0.25) is 10.0 Å². The molecule has 1 amide bonds. The predicted molar refractivity (Wildman–Crippen MR) is 183 cm³/mol. The fraction of sp³-hybridized carbons (Fsp3) is 0.486. The number of ether oxygens (including phenoxy) is 1. The molecule has 6 heteroatoms. The molecule has 1 unspecified atom stereocenters. The minimum atomic E-state index is 0.0207. The van der Waals surface area contributed by atoms with Crippen molar-refractivity contribution in [3.63, 3.8) is 0 Å². The van der Waals surface area contributed by atoms with E-state index in [4.69, 9.17) is 27.9 Å². The molecule has 1 aliphatic heterocycles. The molecular weight excluding hydrogens is 575 g/mol. The van der Waals surface area contributed by atoms with Gasteiger partial charge in [0.1, 0.15) is 11.9 Å². The molecule has 1 saturated heterocycles. The Morgan fingerprint density at radius 1 is 0.884 bits per heavy atom. The molecule has 43 heavy (non-hydrogen) atoms. The standard InChI is InChI=1S/C29H41ClN2O2.C8H9Cl/c1-5-6-26(13-7-21(2)3)31-29(33)24-10-14-28(22(4)19-24)34-27-15-17-32(18-16-27)20-23-8-11-25(30)12-9-23;1-2-7-3-5-8(9)6-4-7/h8-12,14,19,21,26-27H,5-7,13,15-18,20H2,1-4H3,(H,31,33);3-6H,2H2,1H3. The molecule has 1 fully saturated rings. The van der Waals surface area contributed by atoms with Crippen molar-refractivity contribution < 1.29 is 9.53 Å². The van der Waals surface area contributed by atoms with Crippen molar-refractivity contribution in [1.82, 2.24) is 10.2 Å². The maximum absolute atomic E-state index is 12.9. The second kappa shape index (κ2) is 18.3. The monoisotopic (exact) mass is 624 g/mol. The van der Waals surface area contributed by atoms with Crippen LogP contribution in [-0.4, -0.2) is 36.0 Å². The highest BCUT2D eigenvalue weighted by Gasteiger charge is 2.22. The number of nitrogens with one attached hydrogen (secondary N) is 1. The minimum absolute atomic E-state index is 0.0207. The Labute approximate surface area is 270 Å². The number of amides is 1. The van der Waals surface area contributed by atoms with Crippen LogP contribution in [0.15, 0.2) is 66.7 Å². The van der Waals surface area contributed by atoms with Crippen LogP contribution in [0.4, 0.5) is 0 Å². The van der Waals surface area contributed by atoms with E-state index in [1.807, 2.05) is 61.5 Å². The van der Waals surface area contributed by atoms with Crippen LogP contribution in [0.25, 0.3) is 0 Å². The van der Waals surface area contributed by atoms with Gasteiger partial charge in [0.15, 0.2) is 0 Å². The summed E-state index contributed by atoms with van der Waals surface area (Å²) in [4.78, 5) is 15.3. The molecule has 1 N–H and O–H groups in total. The summed E-state index contributed by atoms with van der Waals surface area (Å²) in [6.45, 7) is 13.8. The number of carbonyl (C=O) groups is 1. The number of hydrogen-bond donors (Lipinski definition) is 1. The van der Waals surface area contributed by atoms with E-state index >= 15 is 0 Å². The van der Waals surface area contributed by atoms with E-state index in [0.717, 1.165) is 85.9 Å². The molecule has 1 atom stereocenters. The van der Waals surface area contributed by atoms with Gasteiger partial charge in [-0.3, -0.25) is 9.69 Å². The van der Waals surface area contributed by atoms with Gasteiger partial charge < -0.3 is 10.1 Å². The van der Waals surface area contributed by atoms with Gasteiger partial charge in [-0.2, -0.15) is 0 Å². The van der Waals surface area contributed by atoms with Gasteiger partial charge in [-0.15, -0.1) is 0 Å². The van der Waals surface area contributed by atoms with Crippen molar-refractivity contribution in [3.8, 4) is 5.75 Å². The molecule has 0 bridgehead atoms. The maximum atomic E-state index is 12.9. The Balaban J connectivity index is 0.000000480. The number of halogens is 2. The number of rotatable bonds is 12. The lowest BCUT2D eigenvalue weighted by Crippen LogP contribution is -2.38. The van der Waals surface area contributed by atoms with Crippen molar-refractivity contribution in [2.75, 3.05) is 13.1 Å². The quantitative estimate of drug-likeness (QED) is 0.218. The smallest absolute Gasteiger partial charge is 0.251 e. The van der Waals surface area contributed by atoms with Crippen LogP contribution in [0.1, 0.15) is 93.3 Å². The average Bonchev–Trinajstić information content (AvgIpc) is 3.00. The van der Waals surface area contributed by atoms with Gasteiger partial charge in [-0.25, -0.2) is 0 Å². The third-order valence-electron chi connectivity index (χ3n) is 7.97. The van der Waals surface area contributed by atoms with Crippen molar-refractivity contribution in [2.24, 2.45) is 5.92 Å². The van der Waals surface area contributed by atoms with E-state index in [9.17, 15) is 4.79 Å². The van der Waals surface area contributed by atoms with E-state index in [1.54, 1.807) is 0 Å². The number of hydrogen-bond acceptors (Lipinski definition) is 3. The molecule has 4 rings (SSSR count). The zero-order valence-electron chi connectivity index (χ0n) is 26.7. The highest BCUT2D eigenvalue weighted by Crippen LogP contribution is 2.25. The Bertz CT molecular complexity index is 1240. The molecule has 0 aromatic heterocycles. The van der Waals surface area contributed by atoms with Crippen LogP contribution in [0.3, 0.4) is 0 Å². The van der Waals surface area contributed by atoms with Crippen molar-refractivity contribution >= 4 is 29.1 Å². The van der Waals surface area contributed by atoms with Gasteiger partial charge in [0.2, 0.25) is 0 Å². The first-order valence-electron chi connectivity index (χ1n) is 16.0. The van der Waals surface area contributed by atoms with Crippen molar-refractivity contribution in [1.29, 1.82) is 0 Å². The minimum Gasteiger partial charge on any atom is -0.490 e. The van der Waals surface area contributed by atoms with Crippen LogP contribution >= 0.6 is 23.2 Å². The Kier molecular flexibility index (Phi) is 14.9. The van der Waals surface area contributed by atoms with Gasteiger partial charge >= 0.3 is 0 Å². The van der Waals surface area contributed by atoms with E-state index in [2.05, 4.69) is 50.0 Å². The van der Waals surface area contributed by atoms with Gasteiger partial charge in [0.05, 0.1) is 0 Å².